The molecule has 22 heavy (non-hydrogen) atoms. The maximum absolute atomic E-state index is 11.6. The summed E-state index contributed by atoms with van der Waals surface area (Å²) in [7, 11) is 6.63. The Hall–Kier alpha value is -1.46. The highest BCUT2D eigenvalue weighted by atomic mass is 16.6. The third kappa shape index (κ3) is 7.00. The molecule has 0 aromatic carbocycles. The second kappa shape index (κ2) is 9.54. The predicted molar refractivity (Wildman–Crippen MR) is 86.7 cm³/mol. The van der Waals surface area contributed by atoms with E-state index in [4.69, 9.17) is 9.47 Å². The SMILES string of the molecule is CC(C)C(COC(=O)N(C)C)C(COC(=O)N(C)C)C(C)C. The van der Waals surface area contributed by atoms with E-state index in [9.17, 15) is 9.59 Å². The Bertz CT molecular complexity index is 320. The molecule has 6 nitrogen and oxygen atoms in total. The summed E-state index contributed by atoms with van der Waals surface area (Å²) in [5.41, 5.74) is 0. The first-order chi connectivity index (χ1) is 10.1. The second-order valence-electron chi connectivity index (χ2n) is 6.76. The van der Waals surface area contributed by atoms with Crippen LogP contribution in [0.15, 0.2) is 0 Å². The molecular formula is C16H32N2O4. The van der Waals surface area contributed by atoms with Crippen LogP contribution >= 0.6 is 0 Å². The third-order valence-corrected chi connectivity index (χ3v) is 3.79. The second-order valence-corrected chi connectivity index (χ2v) is 6.76. The van der Waals surface area contributed by atoms with Gasteiger partial charge in [-0.1, -0.05) is 27.7 Å². The molecule has 0 N–H and O–H groups in total. The van der Waals surface area contributed by atoms with Gasteiger partial charge in [0.2, 0.25) is 0 Å². The fourth-order valence-electron chi connectivity index (χ4n) is 2.21. The molecule has 0 aliphatic carbocycles. The van der Waals surface area contributed by atoms with Crippen molar-refractivity contribution in [3.05, 3.63) is 0 Å². The van der Waals surface area contributed by atoms with Gasteiger partial charge in [0, 0.05) is 40.0 Å². The van der Waals surface area contributed by atoms with Gasteiger partial charge in [-0.25, -0.2) is 9.59 Å². The van der Waals surface area contributed by atoms with Crippen molar-refractivity contribution >= 4 is 12.2 Å². The van der Waals surface area contributed by atoms with E-state index in [1.54, 1.807) is 28.2 Å². The zero-order valence-corrected chi connectivity index (χ0v) is 15.3. The molecule has 0 bridgehead atoms. The van der Waals surface area contributed by atoms with E-state index in [1.807, 2.05) is 0 Å². The molecule has 0 aliphatic heterocycles. The van der Waals surface area contributed by atoms with Crippen molar-refractivity contribution in [1.82, 2.24) is 9.80 Å². The van der Waals surface area contributed by atoms with E-state index in [0.717, 1.165) is 0 Å². The molecule has 0 rings (SSSR count). The fraction of sp³-hybridized carbons (Fsp3) is 0.875. The van der Waals surface area contributed by atoms with Gasteiger partial charge in [-0.2, -0.15) is 0 Å². The number of hydrogen-bond donors (Lipinski definition) is 0. The van der Waals surface area contributed by atoms with E-state index in [-0.39, 0.29) is 24.0 Å². The van der Waals surface area contributed by atoms with Gasteiger partial charge in [0.25, 0.3) is 0 Å². The van der Waals surface area contributed by atoms with E-state index in [1.165, 1.54) is 9.80 Å². The van der Waals surface area contributed by atoms with Crippen LogP contribution in [-0.2, 0) is 9.47 Å². The fourth-order valence-corrected chi connectivity index (χ4v) is 2.21. The van der Waals surface area contributed by atoms with Crippen LogP contribution in [-0.4, -0.2) is 63.4 Å². The number of rotatable bonds is 7. The minimum atomic E-state index is -0.349. The normalized spacial score (nSPS) is 13.7. The summed E-state index contributed by atoms with van der Waals surface area (Å²) < 4.78 is 10.7. The van der Waals surface area contributed by atoms with Gasteiger partial charge in [-0.05, 0) is 11.8 Å². The van der Waals surface area contributed by atoms with Crippen LogP contribution in [0.1, 0.15) is 27.7 Å². The maximum Gasteiger partial charge on any atom is 0.409 e. The summed E-state index contributed by atoms with van der Waals surface area (Å²) in [5, 5.41) is 0. The zero-order valence-electron chi connectivity index (χ0n) is 15.3. The van der Waals surface area contributed by atoms with E-state index < -0.39 is 0 Å². The predicted octanol–water partition coefficient (Wildman–Crippen LogP) is 2.93. The molecule has 0 fully saturated rings. The lowest BCUT2D eigenvalue weighted by Crippen LogP contribution is -2.36. The summed E-state index contributed by atoms with van der Waals surface area (Å²) in [6, 6.07) is 0. The number of amides is 2. The minimum Gasteiger partial charge on any atom is -0.449 e. The third-order valence-electron chi connectivity index (χ3n) is 3.79. The van der Waals surface area contributed by atoms with Crippen LogP contribution in [0.2, 0.25) is 0 Å². The molecule has 0 radical (unpaired) electrons. The summed E-state index contributed by atoms with van der Waals surface area (Å²) in [5.74, 6) is 0.915. The molecule has 2 amide bonds. The van der Waals surface area contributed by atoms with Crippen molar-refractivity contribution in [3.63, 3.8) is 0 Å². The van der Waals surface area contributed by atoms with Crippen molar-refractivity contribution in [3.8, 4) is 0 Å². The molecule has 2 unspecified atom stereocenters. The topological polar surface area (TPSA) is 59.1 Å². The highest BCUT2D eigenvalue weighted by molar-refractivity contribution is 5.67. The summed E-state index contributed by atoms with van der Waals surface area (Å²) in [6.45, 7) is 9.04. The highest BCUT2D eigenvalue weighted by Gasteiger charge is 2.30. The lowest BCUT2D eigenvalue weighted by molar-refractivity contribution is 0.0254. The Kier molecular flexibility index (Phi) is 8.90. The Labute approximate surface area is 134 Å². The van der Waals surface area contributed by atoms with Crippen LogP contribution in [0, 0.1) is 23.7 Å². The Morgan fingerprint density at radius 1 is 0.727 bits per heavy atom. The lowest BCUT2D eigenvalue weighted by Gasteiger charge is -2.32. The Balaban J connectivity index is 4.81. The maximum atomic E-state index is 11.6. The van der Waals surface area contributed by atoms with Crippen molar-refractivity contribution in [2.75, 3.05) is 41.4 Å². The molecule has 6 heteroatoms. The van der Waals surface area contributed by atoms with Gasteiger partial charge in [0.1, 0.15) is 0 Å². The zero-order chi connectivity index (χ0) is 17.4. The molecule has 0 saturated carbocycles. The van der Waals surface area contributed by atoms with Crippen LogP contribution in [0.4, 0.5) is 9.59 Å². The number of carbonyl (C=O) groups is 2. The van der Waals surface area contributed by atoms with Crippen LogP contribution < -0.4 is 0 Å². The summed E-state index contributed by atoms with van der Waals surface area (Å²) in [4.78, 5) is 26.1. The molecule has 0 spiro atoms. The molecule has 0 aromatic heterocycles. The standard InChI is InChI=1S/C16H32N2O4/c1-11(2)13(9-21-15(19)17(5)6)14(12(3)4)10-22-16(20)18(7)8/h11-14H,9-10H2,1-8H3. The molecule has 0 heterocycles. The van der Waals surface area contributed by atoms with Crippen molar-refractivity contribution in [2.45, 2.75) is 27.7 Å². The van der Waals surface area contributed by atoms with Crippen LogP contribution in [0.25, 0.3) is 0 Å². The average Bonchev–Trinajstić information content (AvgIpc) is 2.40. The van der Waals surface area contributed by atoms with Gasteiger partial charge in [0.05, 0.1) is 13.2 Å². The number of nitrogens with zero attached hydrogens (tertiary/aromatic N) is 2. The lowest BCUT2D eigenvalue weighted by atomic mass is 9.78. The van der Waals surface area contributed by atoms with Gasteiger partial charge in [-0.15, -0.1) is 0 Å². The molecule has 0 aromatic rings. The van der Waals surface area contributed by atoms with Crippen LogP contribution in [0.3, 0.4) is 0 Å². The van der Waals surface area contributed by atoms with Gasteiger partial charge in [0.15, 0.2) is 0 Å². The quantitative estimate of drug-likeness (QED) is 0.724. The largest absolute Gasteiger partial charge is 0.449 e. The Morgan fingerprint density at radius 2 is 1.00 bits per heavy atom. The molecule has 0 saturated heterocycles. The first-order valence-electron chi connectivity index (χ1n) is 7.76. The van der Waals surface area contributed by atoms with Crippen LogP contribution in [0.5, 0.6) is 0 Å². The van der Waals surface area contributed by atoms with E-state index >= 15 is 0 Å². The van der Waals surface area contributed by atoms with Crippen molar-refractivity contribution < 1.29 is 19.1 Å². The highest BCUT2D eigenvalue weighted by Crippen LogP contribution is 2.28. The smallest absolute Gasteiger partial charge is 0.409 e. The van der Waals surface area contributed by atoms with E-state index in [0.29, 0.717) is 25.0 Å². The van der Waals surface area contributed by atoms with Crippen molar-refractivity contribution in [2.24, 2.45) is 23.7 Å². The number of ether oxygens (including phenoxy) is 2. The number of carbonyl (C=O) groups excluding carboxylic acids is 2. The first-order valence-corrected chi connectivity index (χ1v) is 7.76. The number of hydrogen-bond acceptors (Lipinski definition) is 4. The minimum absolute atomic E-state index is 0.138. The monoisotopic (exact) mass is 316 g/mol. The average molecular weight is 316 g/mol. The van der Waals surface area contributed by atoms with Gasteiger partial charge < -0.3 is 19.3 Å². The van der Waals surface area contributed by atoms with Gasteiger partial charge >= 0.3 is 12.2 Å². The Morgan fingerprint density at radius 3 is 1.18 bits per heavy atom. The van der Waals surface area contributed by atoms with Crippen molar-refractivity contribution in [1.29, 1.82) is 0 Å². The first kappa shape index (κ1) is 20.5. The van der Waals surface area contributed by atoms with E-state index in [2.05, 4.69) is 27.7 Å². The van der Waals surface area contributed by atoms with Gasteiger partial charge in [-0.3, -0.25) is 0 Å². The molecule has 2 atom stereocenters. The summed E-state index contributed by atoms with van der Waals surface area (Å²) in [6.07, 6.45) is -0.697. The molecule has 0 aliphatic rings. The molecular weight excluding hydrogens is 284 g/mol. The summed E-state index contributed by atoms with van der Waals surface area (Å²) >= 11 is 0. The molecule has 130 valence electrons.